The van der Waals surface area contributed by atoms with Crippen molar-refractivity contribution in [2.24, 2.45) is 11.8 Å². The Hall–Kier alpha value is -0.960. The fourth-order valence-electron chi connectivity index (χ4n) is 3.48. The lowest BCUT2D eigenvalue weighted by atomic mass is 9.95. The van der Waals surface area contributed by atoms with Gasteiger partial charge in [-0.15, -0.1) is 11.8 Å². The van der Waals surface area contributed by atoms with Crippen molar-refractivity contribution in [2.75, 3.05) is 0 Å². The quantitative estimate of drug-likeness (QED) is 0.852. The van der Waals surface area contributed by atoms with E-state index in [-0.39, 0.29) is 11.2 Å². The van der Waals surface area contributed by atoms with Crippen LogP contribution in [-0.2, 0) is 4.79 Å². The summed E-state index contributed by atoms with van der Waals surface area (Å²) in [6.45, 7) is 2.00. The van der Waals surface area contributed by atoms with Crippen molar-refractivity contribution in [3.05, 3.63) is 30.3 Å². The molecule has 0 aromatic heterocycles. The third-order valence-electron chi connectivity index (χ3n) is 4.49. The lowest BCUT2D eigenvalue weighted by Gasteiger charge is -2.24. The number of benzene rings is 1. The molecule has 1 N–H and O–H groups in total. The second-order valence-electron chi connectivity index (χ2n) is 5.86. The Morgan fingerprint density at radius 1 is 1.26 bits per heavy atom. The van der Waals surface area contributed by atoms with Gasteiger partial charge in [0.15, 0.2) is 0 Å². The lowest BCUT2D eigenvalue weighted by molar-refractivity contribution is -0.121. The van der Waals surface area contributed by atoms with E-state index in [0.717, 1.165) is 16.7 Å². The zero-order chi connectivity index (χ0) is 13.2. The predicted octanol–water partition coefficient (Wildman–Crippen LogP) is 3.47. The van der Waals surface area contributed by atoms with Crippen LogP contribution in [-0.4, -0.2) is 17.2 Å². The van der Waals surface area contributed by atoms with Gasteiger partial charge in [-0.1, -0.05) is 24.6 Å². The minimum Gasteiger partial charge on any atom is -0.352 e. The highest BCUT2D eigenvalue weighted by molar-refractivity contribution is 8.00. The number of fused-ring (bicyclic) bond motifs is 2. The van der Waals surface area contributed by atoms with Crippen LogP contribution in [0.4, 0.5) is 0 Å². The lowest BCUT2D eigenvalue weighted by Crippen LogP contribution is -2.42. The molecule has 2 nitrogen and oxygen atoms in total. The van der Waals surface area contributed by atoms with Crippen molar-refractivity contribution in [1.29, 1.82) is 0 Å². The molecule has 0 radical (unpaired) electrons. The van der Waals surface area contributed by atoms with E-state index in [4.69, 9.17) is 0 Å². The van der Waals surface area contributed by atoms with Gasteiger partial charge < -0.3 is 5.32 Å². The minimum absolute atomic E-state index is 0.0125. The van der Waals surface area contributed by atoms with Crippen LogP contribution in [0.1, 0.15) is 32.6 Å². The maximum absolute atomic E-state index is 12.2. The zero-order valence-electron chi connectivity index (χ0n) is 11.3. The van der Waals surface area contributed by atoms with Gasteiger partial charge in [0.1, 0.15) is 0 Å². The van der Waals surface area contributed by atoms with Crippen LogP contribution in [0, 0.1) is 11.8 Å². The van der Waals surface area contributed by atoms with Crippen LogP contribution >= 0.6 is 11.8 Å². The fraction of sp³-hybridized carbons (Fsp3) is 0.562. The molecule has 1 aromatic carbocycles. The summed E-state index contributed by atoms with van der Waals surface area (Å²) in [5.41, 5.74) is 0. The van der Waals surface area contributed by atoms with Gasteiger partial charge in [0.25, 0.3) is 0 Å². The van der Waals surface area contributed by atoms with E-state index in [0.29, 0.717) is 6.04 Å². The first-order valence-electron chi connectivity index (χ1n) is 7.24. The van der Waals surface area contributed by atoms with Gasteiger partial charge in [-0.2, -0.15) is 0 Å². The molecule has 0 saturated heterocycles. The van der Waals surface area contributed by atoms with Gasteiger partial charge >= 0.3 is 0 Å². The van der Waals surface area contributed by atoms with Crippen LogP contribution in [0.3, 0.4) is 0 Å². The van der Waals surface area contributed by atoms with Crippen molar-refractivity contribution < 1.29 is 4.79 Å². The summed E-state index contributed by atoms with van der Waals surface area (Å²) in [4.78, 5) is 13.4. The van der Waals surface area contributed by atoms with E-state index in [2.05, 4.69) is 17.4 Å². The zero-order valence-corrected chi connectivity index (χ0v) is 12.2. The Kier molecular flexibility index (Phi) is 3.83. The number of carbonyl (C=O) groups excluding carboxylic acids is 1. The molecule has 4 atom stereocenters. The highest BCUT2D eigenvalue weighted by atomic mass is 32.2. The van der Waals surface area contributed by atoms with Gasteiger partial charge in [-0.25, -0.2) is 0 Å². The van der Waals surface area contributed by atoms with Gasteiger partial charge in [0.2, 0.25) is 5.91 Å². The number of hydrogen-bond acceptors (Lipinski definition) is 2. The molecule has 3 rings (SSSR count). The SMILES string of the molecule is CC(Sc1ccccc1)C(=O)NC1CC2CCC1C2. The average molecular weight is 275 g/mol. The van der Waals surface area contributed by atoms with Crippen molar-refractivity contribution in [3.8, 4) is 0 Å². The summed E-state index contributed by atoms with van der Waals surface area (Å²) >= 11 is 1.64. The maximum Gasteiger partial charge on any atom is 0.233 e. The number of hydrogen-bond donors (Lipinski definition) is 1. The highest BCUT2D eigenvalue weighted by Gasteiger charge is 2.40. The molecule has 102 valence electrons. The third-order valence-corrected chi connectivity index (χ3v) is 5.60. The topological polar surface area (TPSA) is 29.1 Å². The molecule has 2 aliphatic rings. The summed E-state index contributed by atoms with van der Waals surface area (Å²) in [5, 5.41) is 3.26. The summed E-state index contributed by atoms with van der Waals surface area (Å²) in [7, 11) is 0. The standard InChI is InChI=1S/C16H21NOS/c1-11(19-14-5-3-2-4-6-14)16(18)17-15-10-12-7-8-13(15)9-12/h2-6,11-13,15H,7-10H2,1H3,(H,17,18). The molecule has 2 fully saturated rings. The molecule has 19 heavy (non-hydrogen) atoms. The van der Waals surface area contributed by atoms with E-state index in [1.165, 1.54) is 25.7 Å². The van der Waals surface area contributed by atoms with Crippen molar-refractivity contribution in [1.82, 2.24) is 5.32 Å². The van der Waals surface area contributed by atoms with Crippen molar-refractivity contribution in [3.63, 3.8) is 0 Å². The smallest absolute Gasteiger partial charge is 0.233 e. The van der Waals surface area contributed by atoms with E-state index in [1.807, 2.05) is 25.1 Å². The second-order valence-corrected chi connectivity index (χ2v) is 7.28. The Bertz CT molecular complexity index is 447. The number of amides is 1. The summed E-state index contributed by atoms with van der Waals surface area (Å²) < 4.78 is 0. The van der Waals surface area contributed by atoms with Gasteiger partial charge in [-0.05, 0) is 50.2 Å². The number of carbonyl (C=O) groups is 1. The van der Waals surface area contributed by atoms with Crippen LogP contribution in [0.25, 0.3) is 0 Å². The Balaban J connectivity index is 1.53. The molecule has 2 saturated carbocycles. The first kappa shape index (κ1) is 13.0. The number of thioether (sulfide) groups is 1. The molecule has 0 aliphatic heterocycles. The van der Waals surface area contributed by atoms with Gasteiger partial charge in [0.05, 0.1) is 5.25 Å². The largest absolute Gasteiger partial charge is 0.352 e. The number of nitrogens with one attached hydrogen (secondary N) is 1. The van der Waals surface area contributed by atoms with E-state index in [1.54, 1.807) is 11.8 Å². The predicted molar refractivity (Wildman–Crippen MR) is 79.1 cm³/mol. The van der Waals surface area contributed by atoms with Crippen molar-refractivity contribution in [2.45, 2.75) is 48.8 Å². The minimum atomic E-state index is -0.0125. The van der Waals surface area contributed by atoms with E-state index in [9.17, 15) is 4.79 Å². The Labute approximate surface area is 119 Å². The molecule has 3 heteroatoms. The molecule has 2 bridgehead atoms. The third kappa shape index (κ3) is 2.97. The van der Waals surface area contributed by atoms with E-state index >= 15 is 0 Å². The Morgan fingerprint density at radius 3 is 2.68 bits per heavy atom. The number of rotatable bonds is 4. The summed E-state index contributed by atoms with van der Waals surface area (Å²) in [6, 6.07) is 10.6. The molecule has 1 aromatic rings. The van der Waals surface area contributed by atoms with Crippen LogP contribution in [0.15, 0.2) is 35.2 Å². The normalized spacial score (nSPS) is 30.3. The fourth-order valence-corrected chi connectivity index (χ4v) is 4.38. The molecule has 4 unspecified atom stereocenters. The van der Waals surface area contributed by atoms with E-state index < -0.39 is 0 Å². The summed E-state index contributed by atoms with van der Waals surface area (Å²) in [6.07, 6.45) is 5.24. The van der Waals surface area contributed by atoms with Crippen LogP contribution in [0.2, 0.25) is 0 Å². The molecule has 1 amide bonds. The molecule has 2 aliphatic carbocycles. The van der Waals surface area contributed by atoms with Gasteiger partial charge in [-0.3, -0.25) is 4.79 Å². The second kappa shape index (κ2) is 5.58. The Morgan fingerprint density at radius 2 is 2.05 bits per heavy atom. The molecule has 0 spiro atoms. The first-order chi connectivity index (χ1) is 9.22. The molecule has 0 heterocycles. The molecular formula is C16H21NOS. The highest BCUT2D eigenvalue weighted by Crippen LogP contribution is 2.44. The maximum atomic E-state index is 12.2. The molecular weight excluding hydrogens is 254 g/mol. The monoisotopic (exact) mass is 275 g/mol. The van der Waals surface area contributed by atoms with Gasteiger partial charge in [0, 0.05) is 10.9 Å². The van der Waals surface area contributed by atoms with Crippen LogP contribution < -0.4 is 5.32 Å². The first-order valence-corrected chi connectivity index (χ1v) is 8.12. The van der Waals surface area contributed by atoms with Crippen molar-refractivity contribution >= 4 is 17.7 Å². The average Bonchev–Trinajstić information content (AvgIpc) is 3.02. The summed E-state index contributed by atoms with van der Waals surface area (Å²) in [5.74, 6) is 1.83. The van der Waals surface area contributed by atoms with Crippen LogP contribution in [0.5, 0.6) is 0 Å².